The zero-order valence-electron chi connectivity index (χ0n) is 20.4. The summed E-state index contributed by atoms with van der Waals surface area (Å²) in [6.07, 6.45) is 0.757. The Kier molecular flexibility index (Phi) is 9.00. The van der Waals surface area contributed by atoms with Gasteiger partial charge in [-0.3, -0.25) is 9.59 Å². The summed E-state index contributed by atoms with van der Waals surface area (Å²) in [5.41, 5.74) is 1.16. The third-order valence-corrected chi connectivity index (χ3v) is 7.21. The van der Waals surface area contributed by atoms with E-state index >= 15 is 0 Å². The van der Waals surface area contributed by atoms with Crippen LogP contribution < -0.4 is 5.32 Å². The summed E-state index contributed by atoms with van der Waals surface area (Å²) in [6.45, 7) is 6.07. The van der Waals surface area contributed by atoms with Crippen LogP contribution in [0.5, 0.6) is 0 Å². The van der Waals surface area contributed by atoms with Gasteiger partial charge in [0.2, 0.25) is 0 Å². The third-order valence-electron chi connectivity index (χ3n) is 6.03. The molecule has 0 saturated heterocycles. The summed E-state index contributed by atoms with van der Waals surface area (Å²) in [6, 6.07) is 8.88. The fraction of sp³-hybridized carbons (Fsp3) is 0.407. The van der Waals surface area contributed by atoms with E-state index in [-0.39, 0.29) is 36.8 Å². The molecule has 0 fully saturated rings. The van der Waals surface area contributed by atoms with Gasteiger partial charge in [0.1, 0.15) is 11.9 Å². The predicted molar refractivity (Wildman–Crippen MR) is 133 cm³/mol. The van der Waals surface area contributed by atoms with E-state index in [1.54, 1.807) is 6.07 Å². The van der Waals surface area contributed by atoms with E-state index in [0.29, 0.717) is 10.6 Å². The molecule has 1 amide bonds. The average molecular weight is 522 g/mol. The van der Waals surface area contributed by atoms with Crippen molar-refractivity contribution in [2.24, 2.45) is 5.92 Å². The molecule has 3 rings (SSSR count). The number of nitrogens with one attached hydrogen (secondary N) is 1. The number of aliphatic carboxylic acids is 1. The molecule has 2 N–H and O–H groups in total. The van der Waals surface area contributed by atoms with Crippen molar-refractivity contribution in [3.8, 4) is 0 Å². The molecule has 1 aliphatic rings. The van der Waals surface area contributed by atoms with E-state index < -0.39 is 17.7 Å². The normalized spacial score (nSPS) is 18.7. The summed E-state index contributed by atoms with van der Waals surface area (Å²) >= 11 is 1.31. The summed E-state index contributed by atoms with van der Waals surface area (Å²) in [7, 11) is 0. The first kappa shape index (κ1) is 27.5. The number of thiophene rings is 1. The van der Waals surface area contributed by atoms with Crippen molar-refractivity contribution >= 4 is 23.2 Å². The molecular weight excluding hydrogens is 491 g/mol. The van der Waals surface area contributed by atoms with Gasteiger partial charge in [-0.05, 0) is 61.2 Å². The molecule has 9 heteroatoms. The number of benzene rings is 1. The van der Waals surface area contributed by atoms with Crippen LogP contribution in [0.25, 0.3) is 0 Å². The number of carbonyl (C=O) groups is 2. The Morgan fingerprint density at radius 1 is 1.17 bits per heavy atom. The lowest BCUT2D eigenvalue weighted by Gasteiger charge is -2.29. The standard InChI is InChI=1S/C27H30F3NO4S/c1-4-5-21(22-10-11-23(36-22)26(34)31-13-12-24(32)33)35-20-14-16(2)25(17(3)15-20)18-6-8-19(9-7-18)27(28,29)30/h6-11,14-16,21,25H,4-5,12-13H2,1-3H3,(H,31,34)(H,32,33). The number of carbonyl (C=O) groups excluding carboxylic acids is 1. The minimum absolute atomic E-state index is 0.0166. The number of carboxylic acids is 1. The van der Waals surface area contributed by atoms with Gasteiger partial charge in [-0.15, -0.1) is 11.3 Å². The first-order valence-electron chi connectivity index (χ1n) is 11.8. The van der Waals surface area contributed by atoms with E-state index in [4.69, 9.17) is 9.84 Å². The number of ether oxygens (including phenoxy) is 1. The Morgan fingerprint density at radius 2 is 1.86 bits per heavy atom. The molecule has 5 nitrogen and oxygen atoms in total. The average Bonchev–Trinajstić information content (AvgIpc) is 3.28. The van der Waals surface area contributed by atoms with Crippen LogP contribution in [-0.4, -0.2) is 23.5 Å². The van der Waals surface area contributed by atoms with Crippen LogP contribution in [0.15, 0.2) is 59.9 Å². The van der Waals surface area contributed by atoms with Gasteiger partial charge in [-0.25, -0.2) is 0 Å². The van der Waals surface area contributed by atoms with Gasteiger partial charge in [0, 0.05) is 17.3 Å². The van der Waals surface area contributed by atoms with Crippen LogP contribution in [0.2, 0.25) is 0 Å². The molecule has 194 valence electrons. The number of carboxylic acid groups (broad SMARTS) is 1. The van der Waals surface area contributed by atoms with Crippen LogP contribution in [-0.2, 0) is 15.7 Å². The largest absolute Gasteiger partial charge is 0.485 e. The number of alkyl halides is 3. The highest BCUT2D eigenvalue weighted by atomic mass is 32.1. The van der Waals surface area contributed by atoms with Crippen LogP contribution in [0.3, 0.4) is 0 Å². The topological polar surface area (TPSA) is 75.6 Å². The quantitative estimate of drug-likeness (QED) is 0.350. The second-order valence-corrected chi connectivity index (χ2v) is 10.0. The zero-order valence-corrected chi connectivity index (χ0v) is 21.2. The second kappa shape index (κ2) is 11.8. The molecule has 0 spiro atoms. The van der Waals surface area contributed by atoms with Gasteiger partial charge in [-0.1, -0.05) is 38.0 Å². The first-order chi connectivity index (χ1) is 17.0. The lowest BCUT2D eigenvalue weighted by Crippen LogP contribution is -2.25. The van der Waals surface area contributed by atoms with Gasteiger partial charge in [0.05, 0.1) is 16.9 Å². The first-order valence-corrected chi connectivity index (χ1v) is 12.6. The third kappa shape index (κ3) is 7.00. The van der Waals surface area contributed by atoms with E-state index in [1.807, 2.05) is 39.0 Å². The lowest BCUT2D eigenvalue weighted by molar-refractivity contribution is -0.138. The highest BCUT2D eigenvalue weighted by molar-refractivity contribution is 7.14. The van der Waals surface area contributed by atoms with E-state index in [9.17, 15) is 22.8 Å². The number of allylic oxidation sites excluding steroid dienone is 3. The van der Waals surface area contributed by atoms with Crippen LogP contribution in [0, 0.1) is 5.92 Å². The summed E-state index contributed by atoms with van der Waals surface area (Å²) in [5.74, 6) is -0.627. The van der Waals surface area contributed by atoms with Gasteiger partial charge >= 0.3 is 12.1 Å². The van der Waals surface area contributed by atoms with Crippen molar-refractivity contribution in [2.45, 2.75) is 58.2 Å². The minimum atomic E-state index is -4.36. The van der Waals surface area contributed by atoms with Crippen molar-refractivity contribution < 1.29 is 32.6 Å². The maximum atomic E-state index is 12.9. The summed E-state index contributed by atoms with van der Waals surface area (Å²) in [5, 5.41) is 11.3. The summed E-state index contributed by atoms with van der Waals surface area (Å²) in [4.78, 5) is 24.4. The molecule has 1 aromatic carbocycles. The molecule has 1 heterocycles. The SMILES string of the molecule is CCCC(OC1=CC(C)C(c2ccc(C(F)(F)F)cc2)C(C)=C1)c1ccc(C(=O)NCCC(=O)O)s1. The predicted octanol–water partition coefficient (Wildman–Crippen LogP) is 7.09. The van der Waals surface area contributed by atoms with E-state index in [0.717, 1.165) is 41.0 Å². The maximum Gasteiger partial charge on any atom is 0.416 e. The number of hydrogen-bond donors (Lipinski definition) is 2. The Morgan fingerprint density at radius 3 is 2.44 bits per heavy atom. The van der Waals surface area contributed by atoms with Crippen molar-refractivity contribution in [1.82, 2.24) is 5.32 Å². The zero-order chi connectivity index (χ0) is 26.5. The molecule has 1 aromatic heterocycles. The van der Waals surface area contributed by atoms with Gasteiger partial charge in [-0.2, -0.15) is 13.2 Å². The van der Waals surface area contributed by atoms with E-state index in [1.165, 1.54) is 23.5 Å². The van der Waals surface area contributed by atoms with Crippen molar-refractivity contribution in [3.05, 3.63) is 80.8 Å². The molecule has 0 radical (unpaired) electrons. The number of rotatable bonds is 10. The van der Waals surface area contributed by atoms with Gasteiger partial charge in [0.15, 0.2) is 0 Å². The van der Waals surface area contributed by atoms with Crippen LogP contribution in [0.4, 0.5) is 13.2 Å². The molecule has 0 saturated carbocycles. The molecule has 1 aliphatic carbocycles. The Labute approximate surface area is 212 Å². The fourth-order valence-electron chi connectivity index (χ4n) is 4.36. The smallest absolute Gasteiger partial charge is 0.416 e. The van der Waals surface area contributed by atoms with Crippen molar-refractivity contribution in [1.29, 1.82) is 0 Å². The molecule has 3 atom stereocenters. The Bertz CT molecular complexity index is 1130. The fourth-order valence-corrected chi connectivity index (χ4v) is 5.34. The highest BCUT2D eigenvalue weighted by Crippen LogP contribution is 2.40. The lowest BCUT2D eigenvalue weighted by atomic mass is 9.78. The van der Waals surface area contributed by atoms with Crippen molar-refractivity contribution in [3.63, 3.8) is 0 Å². The Hall–Kier alpha value is -3.07. The van der Waals surface area contributed by atoms with Gasteiger partial charge in [0.25, 0.3) is 5.91 Å². The molecular formula is C27H30F3NO4S. The van der Waals surface area contributed by atoms with Gasteiger partial charge < -0.3 is 15.2 Å². The van der Waals surface area contributed by atoms with Crippen LogP contribution in [0.1, 0.15) is 77.7 Å². The molecule has 0 aliphatic heterocycles. The highest BCUT2D eigenvalue weighted by Gasteiger charge is 2.31. The monoisotopic (exact) mass is 521 g/mol. The molecule has 36 heavy (non-hydrogen) atoms. The van der Waals surface area contributed by atoms with E-state index in [2.05, 4.69) is 5.32 Å². The molecule has 3 unspecified atom stereocenters. The Balaban J connectivity index is 1.71. The number of amides is 1. The number of hydrogen-bond acceptors (Lipinski definition) is 4. The maximum absolute atomic E-state index is 12.9. The minimum Gasteiger partial charge on any atom is -0.485 e. The molecule has 2 aromatic rings. The summed E-state index contributed by atoms with van der Waals surface area (Å²) < 4.78 is 45.2. The number of halogens is 3. The molecule has 0 bridgehead atoms. The second-order valence-electron chi connectivity index (χ2n) is 8.91. The van der Waals surface area contributed by atoms with Crippen molar-refractivity contribution in [2.75, 3.05) is 6.54 Å². The van der Waals surface area contributed by atoms with Crippen LogP contribution >= 0.6 is 11.3 Å².